The minimum absolute atomic E-state index is 0.0481. The number of nitrogens with zero attached hydrogens (tertiary/aromatic N) is 1. The number of hydrogen-bond acceptors (Lipinski definition) is 5. The third kappa shape index (κ3) is 6.20. The number of halogens is 1. The van der Waals surface area contributed by atoms with E-state index in [1.807, 2.05) is 45.0 Å². The van der Waals surface area contributed by atoms with E-state index in [0.717, 1.165) is 5.56 Å². The Hall–Kier alpha value is -2.31. The third-order valence-corrected chi connectivity index (χ3v) is 3.62. The Morgan fingerprint density at radius 3 is 2.77 bits per heavy atom. The summed E-state index contributed by atoms with van der Waals surface area (Å²) < 4.78 is 10.9. The number of aryl methyl sites for hydroxylation is 1. The maximum Gasteiger partial charge on any atom is 0.252 e. The first-order valence-electron chi connectivity index (χ1n) is 8.33. The van der Waals surface area contributed by atoms with Crippen LogP contribution in [0.3, 0.4) is 0 Å². The molecule has 1 unspecified atom stereocenters. The molecule has 2 aromatic rings. The van der Waals surface area contributed by atoms with Crippen LogP contribution in [0.5, 0.6) is 11.6 Å². The molecule has 1 heterocycles. The summed E-state index contributed by atoms with van der Waals surface area (Å²) in [4.78, 5) is 16.2. The van der Waals surface area contributed by atoms with Crippen LogP contribution in [-0.2, 0) is 0 Å². The molecule has 0 radical (unpaired) electrons. The summed E-state index contributed by atoms with van der Waals surface area (Å²) in [5.41, 5.74) is 1.36. The number of hydrogen-bond donors (Lipinski definition) is 2. The molecule has 0 aliphatic heterocycles. The standard InChI is InChI=1S/C19H23ClN2O4/c1-12(2)26-19-17(20)8-14(9-22-19)18(24)21-10-15(23)11-25-16-6-4-5-13(3)7-16/h4-9,12,15,23H,10-11H2,1-3H3,(H,21,24). The lowest BCUT2D eigenvalue weighted by atomic mass is 10.2. The second kappa shape index (κ2) is 9.40. The molecule has 0 aliphatic carbocycles. The first-order chi connectivity index (χ1) is 12.3. The number of carbonyl (C=O) groups excluding carboxylic acids is 1. The van der Waals surface area contributed by atoms with E-state index < -0.39 is 6.10 Å². The maximum absolute atomic E-state index is 12.2. The van der Waals surface area contributed by atoms with Crippen LogP contribution in [0, 0.1) is 6.92 Å². The predicted octanol–water partition coefficient (Wildman–Crippen LogP) is 3.00. The van der Waals surface area contributed by atoms with Crippen molar-refractivity contribution in [3.8, 4) is 11.6 Å². The minimum atomic E-state index is -0.841. The van der Waals surface area contributed by atoms with Gasteiger partial charge in [0.05, 0.1) is 11.7 Å². The van der Waals surface area contributed by atoms with Gasteiger partial charge in [-0.2, -0.15) is 0 Å². The highest BCUT2D eigenvalue weighted by Gasteiger charge is 2.13. The summed E-state index contributed by atoms with van der Waals surface area (Å²) in [6.07, 6.45) is 0.476. The van der Waals surface area contributed by atoms with Gasteiger partial charge in [0, 0.05) is 12.7 Å². The van der Waals surface area contributed by atoms with Gasteiger partial charge in [-0.1, -0.05) is 23.7 Å². The number of carbonyl (C=O) groups is 1. The summed E-state index contributed by atoms with van der Waals surface area (Å²) in [7, 11) is 0. The van der Waals surface area contributed by atoms with Gasteiger partial charge in [-0.05, 0) is 44.5 Å². The van der Waals surface area contributed by atoms with Crippen LogP contribution in [0.25, 0.3) is 0 Å². The molecule has 1 aromatic heterocycles. The van der Waals surface area contributed by atoms with Crippen molar-refractivity contribution in [2.45, 2.75) is 33.0 Å². The number of aromatic nitrogens is 1. The van der Waals surface area contributed by atoms with Crippen LogP contribution < -0.4 is 14.8 Å². The number of benzene rings is 1. The fourth-order valence-corrected chi connectivity index (χ4v) is 2.34. The van der Waals surface area contributed by atoms with Crippen molar-refractivity contribution in [3.05, 3.63) is 52.7 Å². The van der Waals surface area contributed by atoms with E-state index in [-0.39, 0.29) is 41.6 Å². The minimum Gasteiger partial charge on any atom is -0.491 e. The molecule has 2 rings (SSSR count). The van der Waals surface area contributed by atoms with Crippen molar-refractivity contribution >= 4 is 17.5 Å². The van der Waals surface area contributed by atoms with Gasteiger partial charge < -0.3 is 19.9 Å². The van der Waals surface area contributed by atoms with Crippen LogP contribution >= 0.6 is 11.6 Å². The Labute approximate surface area is 158 Å². The van der Waals surface area contributed by atoms with Gasteiger partial charge in [0.2, 0.25) is 5.88 Å². The van der Waals surface area contributed by atoms with Crippen LogP contribution in [0.4, 0.5) is 0 Å². The molecule has 2 N–H and O–H groups in total. The second-order valence-corrected chi connectivity index (χ2v) is 6.58. The third-order valence-electron chi connectivity index (χ3n) is 3.35. The predicted molar refractivity (Wildman–Crippen MR) is 100 cm³/mol. The summed E-state index contributed by atoms with van der Waals surface area (Å²) in [6.45, 7) is 5.80. The van der Waals surface area contributed by atoms with Crippen molar-refractivity contribution in [3.63, 3.8) is 0 Å². The first kappa shape index (κ1) is 20.0. The Kier molecular flexibility index (Phi) is 7.24. The molecule has 0 bridgehead atoms. The zero-order valence-electron chi connectivity index (χ0n) is 15.0. The summed E-state index contributed by atoms with van der Waals surface area (Å²) >= 11 is 6.07. The summed E-state index contributed by atoms with van der Waals surface area (Å²) in [6, 6.07) is 9.01. The van der Waals surface area contributed by atoms with E-state index in [9.17, 15) is 9.90 Å². The lowest BCUT2D eigenvalue weighted by Crippen LogP contribution is -2.35. The Morgan fingerprint density at radius 1 is 1.35 bits per heavy atom. The van der Waals surface area contributed by atoms with Crippen LogP contribution in [0.2, 0.25) is 5.02 Å². The molecular formula is C19H23ClN2O4. The molecule has 6 nitrogen and oxygen atoms in total. The number of aliphatic hydroxyl groups is 1. The summed E-state index contributed by atoms with van der Waals surface area (Å²) in [5.74, 6) is 0.571. The lowest BCUT2D eigenvalue weighted by molar-refractivity contribution is 0.0843. The molecule has 1 amide bonds. The number of pyridine rings is 1. The Bertz CT molecular complexity index is 752. The molecule has 0 fully saturated rings. The Balaban J connectivity index is 1.83. The fourth-order valence-electron chi connectivity index (χ4n) is 2.13. The molecule has 0 saturated carbocycles. The number of aliphatic hydroxyl groups excluding tert-OH is 1. The topological polar surface area (TPSA) is 80.7 Å². The zero-order chi connectivity index (χ0) is 19.1. The molecule has 140 valence electrons. The van der Waals surface area contributed by atoms with Crippen molar-refractivity contribution in [1.82, 2.24) is 10.3 Å². The molecule has 0 aliphatic rings. The maximum atomic E-state index is 12.2. The molecule has 7 heteroatoms. The van der Waals surface area contributed by atoms with Gasteiger partial charge >= 0.3 is 0 Å². The second-order valence-electron chi connectivity index (χ2n) is 6.17. The number of ether oxygens (including phenoxy) is 2. The molecular weight excluding hydrogens is 356 g/mol. The van der Waals surface area contributed by atoms with Crippen LogP contribution in [0.1, 0.15) is 29.8 Å². The number of amides is 1. The van der Waals surface area contributed by atoms with Gasteiger partial charge in [0.1, 0.15) is 23.5 Å². The van der Waals surface area contributed by atoms with Gasteiger partial charge in [-0.25, -0.2) is 4.98 Å². The van der Waals surface area contributed by atoms with Crippen LogP contribution in [-0.4, -0.2) is 41.4 Å². The molecule has 1 aromatic carbocycles. The van der Waals surface area contributed by atoms with Crippen molar-refractivity contribution in [2.75, 3.05) is 13.2 Å². The zero-order valence-corrected chi connectivity index (χ0v) is 15.8. The smallest absolute Gasteiger partial charge is 0.252 e. The van der Waals surface area contributed by atoms with Crippen molar-refractivity contribution in [1.29, 1.82) is 0 Å². The molecule has 1 atom stereocenters. The molecule has 26 heavy (non-hydrogen) atoms. The van der Waals surface area contributed by atoms with Crippen LogP contribution in [0.15, 0.2) is 36.5 Å². The fraction of sp³-hybridized carbons (Fsp3) is 0.368. The molecule has 0 saturated heterocycles. The summed E-state index contributed by atoms with van der Waals surface area (Å²) in [5, 5.41) is 12.9. The van der Waals surface area contributed by atoms with Gasteiger partial charge in [-0.3, -0.25) is 4.79 Å². The average Bonchev–Trinajstić information content (AvgIpc) is 2.59. The largest absolute Gasteiger partial charge is 0.491 e. The van der Waals surface area contributed by atoms with Crippen molar-refractivity contribution < 1.29 is 19.4 Å². The normalized spacial score (nSPS) is 11.9. The van der Waals surface area contributed by atoms with Gasteiger partial charge in [-0.15, -0.1) is 0 Å². The van der Waals surface area contributed by atoms with E-state index in [2.05, 4.69) is 10.3 Å². The molecule has 0 spiro atoms. The average molecular weight is 379 g/mol. The van der Waals surface area contributed by atoms with E-state index in [1.165, 1.54) is 12.3 Å². The quantitative estimate of drug-likeness (QED) is 0.738. The van der Waals surface area contributed by atoms with Crippen molar-refractivity contribution in [2.24, 2.45) is 0 Å². The van der Waals surface area contributed by atoms with E-state index in [0.29, 0.717) is 5.75 Å². The highest BCUT2D eigenvalue weighted by molar-refractivity contribution is 6.32. The van der Waals surface area contributed by atoms with E-state index in [1.54, 1.807) is 0 Å². The SMILES string of the molecule is Cc1cccc(OCC(O)CNC(=O)c2cnc(OC(C)C)c(Cl)c2)c1. The van der Waals surface area contributed by atoms with Gasteiger partial charge in [0.15, 0.2) is 0 Å². The van der Waals surface area contributed by atoms with E-state index in [4.69, 9.17) is 21.1 Å². The first-order valence-corrected chi connectivity index (χ1v) is 8.71. The highest BCUT2D eigenvalue weighted by Crippen LogP contribution is 2.23. The monoisotopic (exact) mass is 378 g/mol. The lowest BCUT2D eigenvalue weighted by Gasteiger charge is -2.14. The van der Waals surface area contributed by atoms with E-state index >= 15 is 0 Å². The number of nitrogens with one attached hydrogen (secondary N) is 1. The van der Waals surface area contributed by atoms with Gasteiger partial charge in [0.25, 0.3) is 5.91 Å². The highest BCUT2D eigenvalue weighted by atomic mass is 35.5. The Morgan fingerprint density at radius 2 is 2.12 bits per heavy atom. The number of rotatable bonds is 8.